The van der Waals surface area contributed by atoms with Crippen molar-refractivity contribution in [1.82, 2.24) is 4.98 Å². The van der Waals surface area contributed by atoms with E-state index in [-0.39, 0.29) is 24.8 Å². The molecule has 0 aromatic carbocycles. The summed E-state index contributed by atoms with van der Waals surface area (Å²) in [6, 6.07) is 1.81. The molecule has 2 bridgehead atoms. The van der Waals surface area contributed by atoms with Gasteiger partial charge in [0.15, 0.2) is 11.2 Å². The maximum absolute atomic E-state index is 12.4. The van der Waals surface area contributed by atoms with Gasteiger partial charge in [-0.1, -0.05) is 12.2 Å². The Hall–Kier alpha value is -3.00. The van der Waals surface area contributed by atoms with Gasteiger partial charge in [0.1, 0.15) is 25.1 Å². The van der Waals surface area contributed by atoms with Gasteiger partial charge >= 0.3 is 11.9 Å². The Morgan fingerprint density at radius 2 is 2.10 bits per heavy atom. The van der Waals surface area contributed by atoms with Crippen molar-refractivity contribution in [3.63, 3.8) is 0 Å². The molecule has 2 fully saturated rings. The number of carboxylic acids is 1. The number of carboxylic acid groups (broad SMARTS) is 1. The standard InChI is InChI=1S/C27H33NO11/c1-3-14-17(10-22(31)32)15(23(33)36-2)4-5-20(14)38-26(13-30)25(35)8-6-18-16-7-9-28-19(16)12-37-27(18,24(25)34)21(11-29)39-26/h3-4,7,9,12,14,17,20-21,24,28-30,34-35H,1,5-6,8,10-11,13H2,2H3,(H,31,32)/t14-,17+,20-,21-,24-,25-,26-,27-/m1/s1. The molecule has 0 radical (unpaired) electrons. The van der Waals surface area contributed by atoms with E-state index in [0.29, 0.717) is 10.9 Å². The maximum Gasteiger partial charge on any atom is 0.333 e. The van der Waals surface area contributed by atoms with E-state index in [2.05, 4.69) is 11.6 Å². The number of aliphatic hydroxyl groups excluding tert-OH is 3. The Balaban J connectivity index is 1.56. The molecule has 5 rings (SSSR count). The number of fused-ring (bicyclic) bond motifs is 2. The first-order chi connectivity index (χ1) is 18.6. The molecular weight excluding hydrogens is 514 g/mol. The summed E-state index contributed by atoms with van der Waals surface area (Å²) in [5.41, 5.74) is -3.05. The van der Waals surface area contributed by atoms with E-state index in [0.717, 1.165) is 5.22 Å². The van der Waals surface area contributed by atoms with Crippen molar-refractivity contribution in [2.45, 2.75) is 61.0 Å². The SMILES string of the molecule is C=C[C@@H]1[C@H](CC(=O)O)C(C(=O)OC)=CC[C@H]1O[C@]1(CO)O[C@H](CO)[C@]23OC=c4[nH]ccc4=C2CC[C@@]1(O)[C@H]3O. The number of aliphatic hydroxyl groups is 4. The van der Waals surface area contributed by atoms with Gasteiger partial charge < -0.3 is 49.5 Å². The molecule has 212 valence electrons. The Kier molecular flexibility index (Phi) is 6.98. The van der Waals surface area contributed by atoms with E-state index in [9.17, 15) is 35.1 Å². The number of ether oxygens (including phenoxy) is 4. The van der Waals surface area contributed by atoms with Gasteiger partial charge in [0, 0.05) is 28.8 Å². The van der Waals surface area contributed by atoms with Crippen LogP contribution in [-0.2, 0) is 28.5 Å². The van der Waals surface area contributed by atoms with E-state index in [1.54, 1.807) is 6.20 Å². The quantitative estimate of drug-likeness (QED) is 0.163. The number of hydrogen-bond acceptors (Lipinski definition) is 10. The monoisotopic (exact) mass is 547 g/mol. The largest absolute Gasteiger partial charge is 0.483 e. The topological polar surface area (TPSA) is 188 Å². The second-order valence-electron chi connectivity index (χ2n) is 10.4. The minimum absolute atomic E-state index is 0.0673. The highest BCUT2D eigenvalue weighted by Crippen LogP contribution is 2.56. The van der Waals surface area contributed by atoms with Crippen molar-refractivity contribution < 1.29 is 54.1 Å². The zero-order chi connectivity index (χ0) is 28.2. The smallest absolute Gasteiger partial charge is 0.333 e. The van der Waals surface area contributed by atoms with Crippen LogP contribution >= 0.6 is 0 Å². The van der Waals surface area contributed by atoms with Crippen molar-refractivity contribution in [2.75, 3.05) is 20.3 Å². The summed E-state index contributed by atoms with van der Waals surface area (Å²) in [6.45, 7) is 2.27. The Morgan fingerprint density at radius 1 is 1.33 bits per heavy atom. The Bertz CT molecular complexity index is 1320. The van der Waals surface area contributed by atoms with Crippen LogP contribution < -0.4 is 10.6 Å². The lowest BCUT2D eigenvalue weighted by Crippen LogP contribution is -2.82. The summed E-state index contributed by atoms with van der Waals surface area (Å²) in [4.78, 5) is 27.1. The Labute approximate surface area is 223 Å². The average Bonchev–Trinajstić information content (AvgIpc) is 3.40. The molecule has 39 heavy (non-hydrogen) atoms. The molecule has 6 N–H and O–H groups in total. The van der Waals surface area contributed by atoms with Gasteiger partial charge in [-0.25, -0.2) is 4.79 Å². The van der Waals surface area contributed by atoms with Crippen LogP contribution in [0, 0.1) is 11.8 Å². The van der Waals surface area contributed by atoms with Crippen molar-refractivity contribution in [2.24, 2.45) is 11.8 Å². The van der Waals surface area contributed by atoms with E-state index in [1.165, 1.54) is 25.5 Å². The van der Waals surface area contributed by atoms with Gasteiger partial charge in [0.2, 0.25) is 5.79 Å². The summed E-state index contributed by atoms with van der Waals surface area (Å²) in [6.07, 6.45) is 2.00. The molecule has 2 aliphatic carbocycles. The lowest BCUT2D eigenvalue weighted by atomic mass is 9.61. The molecule has 0 unspecified atom stereocenters. The third kappa shape index (κ3) is 3.81. The molecule has 1 saturated heterocycles. The van der Waals surface area contributed by atoms with E-state index >= 15 is 0 Å². The van der Waals surface area contributed by atoms with Crippen LogP contribution in [0.4, 0.5) is 0 Å². The summed E-state index contributed by atoms with van der Waals surface area (Å²) in [5, 5.41) is 55.9. The molecule has 8 atom stereocenters. The molecule has 12 nitrogen and oxygen atoms in total. The second-order valence-corrected chi connectivity index (χ2v) is 10.4. The van der Waals surface area contributed by atoms with Crippen molar-refractivity contribution in [3.05, 3.63) is 47.1 Å². The predicted molar refractivity (Wildman–Crippen MR) is 133 cm³/mol. The first-order valence-electron chi connectivity index (χ1n) is 12.8. The number of hydrogen-bond donors (Lipinski definition) is 6. The summed E-state index contributed by atoms with van der Waals surface area (Å²) < 4.78 is 23.4. The fraction of sp³-hybridized carbons (Fsp3) is 0.556. The van der Waals surface area contributed by atoms with Gasteiger partial charge in [-0.05, 0) is 30.9 Å². The van der Waals surface area contributed by atoms with E-state index < -0.39 is 78.7 Å². The molecule has 3 heterocycles. The van der Waals surface area contributed by atoms with E-state index in [4.69, 9.17) is 18.9 Å². The van der Waals surface area contributed by atoms with Gasteiger partial charge in [0.05, 0.1) is 31.6 Å². The van der Waals surface area contributed by atoms with Crippen LogP contribution in [0.25, 0.3) is 11.8 Å². The molecule has 2 aliphatic heterocycles. The molecule has 1 saturated carbocycles. The van der Waals surface area contributed by atoms with Crippen molar-refractivity contribution in [3.8, 4) is 0 Å². The van der Waals surface area contributed by atoms with Crippen LogP contribution in [-0.4, -0.2) is 98.1 Å². The normalized spacial score (nSPS) is 38.8. The number of carbonyl (C=O) groups is 2. The molecular formula is C27H33NO11. The summed E-state index contributed by atoms with van der Waals surface area (Å²) >= 11 is 0. The zero-order valence-electron chi connectivity index (χ0n) is 21.4. The predicted octanol–water partition coefficient (Wildman–Crippen LogP) is -1.58. The Morgan fingerprint density at radius 3 is 2.74 bits per heavy atom. The lowest BCUT2D eigenvalue weighted by molar-refractivity contribution is -0.434. The summed E-state index contributed by atoms with van der Waals surface area (Å²) in [7, 11) is 1.19. The third-order valence-electron chi connectivity index (χ3n) is 8.70. The minimum atomic E-state index is -2.23. The molecule has 1 aromatic rings. The van der Waals surface area contributed by atoms with Crippen LogP contribution in [0.3, 0.4) is 0 Å². The minimum Gasteiger partial charge on any atom is -0.483 e. The maximum atomic E-state index is 12.4. The number of esters is 1. The van der Waals surface area contributed by atoms with Crippen LogP contribution in [0.2, 0.25) is 0 Å². The highest BCUT2D eigenvalue weighted by molar-refractivity contribution is 5.90. The molecule has 12 heteroatoms. The van der Waals surface area contributed by atoms with Crippen molar-refractivity contribution in [1.29, 1.82) is 0 Å². The zero-order valence-corrected chi connectivity index (χ0v) is 21.4. The molecule has 0 amide bonds. The highest BCUT2D eigenvalue weighted by atomic mass is 16.7. The fourth-order valence-electron chi connectivity index (χ4n) is 6.82. The van der Waals surface area contributed by atoms with E-state index in [1.807, 2.05) is 6.07 Å². The van der Waals surface area contributed by atoms with Crippen LogP contribution in [0.5, 0.6) is 0 Å². The molecule has 1 aromatic heterocycles. The van der Waals surface area contributed by atoms with Crippen LogP contribution in [0.15, 0.2) is 36.6 Å². The van der Waals surface area contributed by atoms with Gasteiger partial charge in [-0.2, -0.15) is 0 Å². The van der Waals surface area contributed by atoms with Gasteiger partial charge in [0.25, 0.3) is 0 Å². The number of aromatic amines is 1. The average molecular weight is 548 g/mol. The van der Waals surface area contributed by atoms with Crippen LogP contribution in [0.1, 0.15) is 25.7 Å². The van der Waals surface area contributed by atoms with Crippen molar-refractivity contribution >= 4 is 23.8 Å². The molecule has 1 spiro atoms. The summed E-state index contributed by atoms with van der Waals surface area (Å²) in [5.74, 6) is -5.70. The number of H-pyrrole nitrogens is 1. The molecule has 4 aliphatic rings. The second kappa shape index (κ2) is 9.88. The number of carbonyl (C=O) groups excluding carboxylic acids is 1. The van der Waals surface area contributed by atoms with Gasteiger partial charge in [-0.3, -0.25) is 4.79 Å². The third-order valence-corrected chi connectivity index (χ3v) is 8.70. The lowest BCUT2D eigenvalue weighted by Gasteiger charge is -2.63. The number of aliphatic carboxylic acids is 1. The fourth-order valence-corrected chi connectivity index (χ4v) is 6.82. The number of aromatic nitrogens is 1. The first kappa shape index (κ1) is 27.6. The number of rotatable bonds is 8. The highest BCUT2D eigenvalue weighted by Gasteiger charge is 2.75. The number of methoxy groups -OCH3 is 1. The first-order valence-corrected chi connectivity index (χ1v) is 12.8. The van der Waals surface area contributed by atoms with Gasteiger partial charge in [-0.15, -0.1) is 6.58 Å². The number of nitrogens with one attached hydrogen (secondary N) is 1.